The molecule has 1 aliphatic heterocycles. The fourth-order valence-corrected chi connectivity index (χ4v) is 3.54. The first-order valence-corrected chi connectivity index (χ1v) is 10.6. The molecule has 2 saturated carbocycles. The SMILES string of the molecule is Cc1nc([C@H](CC2CC2)NC(=O)c2cnc(N3CC(F)(F)C3)c(OCC3CC3)n2)no1. The van der Waals surface area contributed by atoms with Crippen molar-refractivity contribution >= 4 is 11.7 Å². The van der Waals surface area contributed by atoms with Gasteiger partial charge in [0, 0.05) is 6.92 Å². The van der Waals surface area contributed by atoms with Crippen LogP contribution in [0.25, 0.3) is 0 Å². The maximum Gasteiger partial charge on any atom is 0.282 e. The summed E-state index contributed by atoms with van der Waals surface area (Å²) in [6.45, 7) is 1.25. The molecule has 1 N–H and O–H groups in total. The average molecular weight is 434 g/mol. The summed E-state index contributed by atoms with van der Waals surface area (Å²) in [5.41, 5.74) is 0.0582. The molecule has 3 heterocycles. The van der Waals surface area contributed by atoms with Gasteiger partial charge >= 0.3 is 0 Å². The van der Waals surface area contributed by atoms with Crippen LogP contribution in [0, 0.1) is 18.8 Å². The van der Waals surface area contributed by atoms with Crippen molar-refractivity contribution < 1.29 is 22.8 Å². The number of rotatable bonds is 9. The predicted octanol–water partition coefficient (Wildman–Crippen LogP) is 2.68. The largest absolute Gasteiger partial charge is 0.475 e. The summed E-state index contributed by atoms with van der Waals surface area (Å²) in [6, 6.07) is -0.399. The lowest BCUT2D eigenvalue weighted by Crippen LogP contribution is -2.56. The molecule has 166 valence electrons. The third-order valence-corrected chi connectivity index (χ3v) is 5.68. The van der Waals surface area contributed by atoms with Crippen molar-refractivity contribution in [2.45, 2.75) is 51.0 Å². The lowest BCUT2D eigenvalue weighted by atomic mass is 10.1. The summed E-state index contributed by atoms with van der Waals surface area (Å²) in [4.78, 5) is 27.1. The van der Waals surface area contributed by atoms with Gasteiger partial charge in [-0.3, -0.25) is 4.79 Å². The molecule has 0 bridgehead atoms. The number of hydrogen-bond acceptors (Lipinski definition) is 8. The van der Waals surface area contributed by atoms with Crippen LogP contribution in [0.1, 0.15) is 60.3 Å². The number of nitrogens with zero attached hydrogens (tertiary/aromatic N) is 5. The summed E-state index contributed by atoms with van der Waals surface area (Å²) in [5.74, 6) is -1.03. The van der Waals surface area contributed by atoms with Crippen molar-refractivity contribution in [3.63, 3.8) is 0 Å². The van der Waals surface area contributed by atoms with E-state index >= 15 is 0 Å². The summed E-state index contributed by atoms with van der Waals surface area (Å²) in [7, 11) is 0. The molecule has 1 amide bonds. The van der Waals surface area contributed by atoms with E-state index in [4.69, 9.17) is 9.26 Å². The second-order valence-electron chi connectivity index (χ2n) is 8.73. The normalized spacial score (nSPS) is 20.8. The Kier molecular flexibility index (Phi) is 4.98. The molecule has 2 aliphatic carbocycles. The van der Waals surface area contributed by atoms with E-state index < -0.39 is 31.0 Å². The number of hydrogen-bond donors (Lipinski definition) is 1. The maximum atomic E-state index is 13.3. The van der Waals surface area contributed by atoms with E-state index in [-0.39, 0.29) is 17.4 Å². The van der Waals surface area contributed by atoms with Crippen molar-refractivity contribution in [1.82, 2.24) is 25.4 Å². The molecule has 1 saturated heterocycles. The molecular formula is C20H24F2N6O3. The minimum Gasteiger partial charge on any atom is -0.475 e. The van der Waals surface area contributed by atoms with Crippen LogP contribution in [0.3, 0.4) is 0 Å². The second kappa shape index (κ2) is 7.69. The van der Waals surface area contributed by atoms with Crippen LogP contribution in [0.2, 0.25) is 0 Å². The topological polar surface area (TPSA) is 106 Å². The van der Waals surface area contributed by atoms with Crippen LogP contribution in [0.15, 0.2) is 10.7 Å². The van der Waals surface area contributed by atoms with Gasteiger partial charge < -0.3 is 19.5 Å². The summed E-state index contributed by atoms with van der Waals surface area (Å²) >= 11 is 0. The third kappa shape index (κ3) is 4.75. The van der Waals surface area contributed by atoms with E-state index in [0.717, 1.165) is 25.7 Å². The highest BCUT2D eigenvalue weighted by Gasteiger charge is 2.46. The van der Waals surface area contributed by atoms with Crippen molar-refractivity contribution in [3.8, 4) is 5.88 Å². The maximum absolute atomic E-state index is 13.3. The minimum absolute atomic E-state index is 0.0582. The van der Waals surface area contributed by atoms with Crippen molar-refractivity contribution in [2.24, 2.45) is 11.8 Å². The molecule has 1 atom stereocenters. The van der Waals surface area contributed by atoms with Crippen molar-refractivity contribution in [3.05, 3.63) is 23.6 Å². The van der Waals surface area contributed by atoms with Gasteiger partial charge in [0.1, 0.15) is 0 Å². The fraction of sp³-hybridized carbons (Fsp3) is 0.650. The summed E-state index contributed by atoms with van der Waals surface area (Å²) in [5, 5.41) is 6.86. The average Bonchev–Trinajstić information content (AvgIpc) is 3.64. The molecule has 31 heavy (non-hydrogen) atoms. The van der Waals surface area contributed by atoms with Crippen LogP contribution in [0.5, 0.6) is 5.88 Å². The molecule has 2 aromatic heterocycles. The minimum atomic E-state index is -2.75. The molecule has 5 rings (SSSR count). The number of aryl methyl sites for hydroxylation is 1. The monoisotopic (exact) mass is 434 g/mol. The second-order valence-corrected chi connectivity index (χ2v) is 8.73. The first kappa shape index (κ1) is 20.1. The van der Waals surface area contributed by atoms with E-state index in [1.165, 1.54) is 11.1 Å². The van der Waals surface area contributed by atoms with E-state index in [2.05, 4.69) is 25.4 Å². The van der Waals surface area contributed by atoms with Crippen molar-refractivity contribution in [1.29, 1.82) is 0 Å². The number of nitrogens with one attached hydrogen (secondary N) is 1. The van der Waals surface area contributed by atoms with Crippen molar-refractivity contribution in [2.75, 3.05) is 24.6 Å². The highest BCUT2D eigenvalue weighted by Crippen LogP contribution is 2.38. The number of carbonyl (C=O) groups excluding carboxylic acids is 1. The molecule has 2 aromatic rings. The molecule has 0 unspecified atom stereocenters. The van der Waals surface area contributed by atoms with Gasteiger partial charge in [-0.05, 0) is 31.1 Å². The van der Waals surface area contributed by atoms with E-state index in [9.17, 15) is 13.6 Å². The van der Waals surface area contributed by atoms with Gasteiger partial charge in [-0.15, -0.1) is 0 Å². The molecular weight excluding hydrogens is 410 g/mol. The van der Waals surface area contributed by atoms with Crippen LogP contribution in [-0.4, -0.2) is 51.6 Å². The zero-order valence-electron chi connectivity index (χ0n) is 17.2. The van der Waals surface area contributed by atoms with Gasteiger partial charge in [0.2, 0.25) is 5.89 Å². The molecule has 3 aliphatic rings. The Balaban J connectivity index is 1.33. The molecule has 3 fully saturated rings. The van der Waals surface area contributed by atoms with E-state index in [1.54, 1.807) is 6.92 Å². The summed E-state index contributed by atoms with van der Waals surface area (Å²) in [6.07, 6.45) is 6.36. The molecule has 9 nitrogen and oxygen atoms in total. The predicted molar refractivity (Wildman–Crippen MR) is 104 cm³/mol. The molecule has 0 spiro atoms. The number of alkyl halides is 2. The number of carbonyl (C=O) groups is 1. The number of amides is 1. The van der Waals surface area contributed by atoms with Gasteiger partial charge in [0.15, 0.2) is 17.3 Å². The first-order chi connectivity index (χ1) is 14.9. The Labute approximate surface area is 177 Å². The van der Waals surface area contributed by atoms with Gasteiger partial charge in [0.05, 0.1) is 31.9 Å². The lowest BCUT2D eigenvalue weighted by Gasteiger charge is -2.39. The van der Waals surface area contributed by atoms with Crippen LogP contribution >= 0.6 is 0 Å². The Morgan fingerprint density at radius 1 is 1.29 bits per heavy atom. The Morgan fingerprint density at radius 3 is 2.65 bits per heavy atom. The highest BCUT2D eigenvalue weighted by atomic mass is 19.3. The third-order valence-electron chi connectivity index (χ3n) is 5.68. The van der Waals surface area contributed by atoms with Crippen LogP contribution in [-0.2, 0) is 0 Å². The summed E-state index contributed by atoms with van der Waals surface area (Å²) < 4.78 is 37.5. The van der Waals surface area contributed by atoms with Gasteiger partial charge in [-0.25, -0.2) is 18.7 Å². The highest BCUT2D eigenvalue weighted by molar-refractivity contribution is 5.92. The van der Waals surface area contributed by atoms with E-state index in [0.29, 0.717) is 36.6 Å². The standard InChI is InChI=1S/C20H24F2N6O3/c1-11-24-16(27-31-11)14(6-12-2-3-12)25-18(29)15-7-23-17(28-9-20(21,22)10-28)19(26-15)30-8-13-4-5-13/h7,12-14H,2-6,8-10H2,1H3,(H,25,29)/t14-/m0/s1. The van der Waals surface area contributed by atoms with E-state index in [1.807, 2.05) is 0 Å². The fourth-order valence-electron chi connectivity index (χ4n) is 3.54. The Bertz CT molecular complexity index is 968. The van der Waals surface area contributed by atoms with Gasteiger partial charge in [0.25, 0.3) is 17.7 Å². The zero-order valence-corrected chi connectivity index (χ0v) is 17.2. The number of halogens is 2. The lowest BCUT2D eigenvalue weighted by molar-refractivity contribution is -0.0270. The smallest absolute Gasteiger partial charge is 0.282 e. The van der Waals surface area contributed by atoms with Gasteiger partial charge in [-0.2, -0.15) is 4.98 Å². The molecule has 0 radical (unpaired) electrons. The molecule has 11 heteroatoms. The Hall–Kier alpha value is -2.85. The number of aromatic nitrogens is 4. The quantitative estimate of drug-likeness (QED) is 0.642. The van der Waals surface area contributed by atoms with Crippen LogP contribution in [0.4, 0.5) is 14.6 Å². The zero-order chi connectivity index (χ0) is 21.6. The Morgan fingerprint density at radius 2 is 2.03 bits per heavy atom. The first-order valence-electron chi connectivity index (χ1n) is 10.6. The molecule has 0 aromatic carbocycles. The van der Waals surface area contributed by atoms with Gasteiger partial charge in [-0.1, -0.05) is 18.0 Å². The van der Waals surface area contributed by atoms with Crippen LogP contribution < -0.4 is 15.0 Å². The number of ether oxygens (including phenoxy) is 1. The number of anilines is 1.